The fourth-order valence-corrected chi connectivity index (χ4v) is 2.72. The number of rotatable bonds is 5. The van der Waals surface area contributed by atoms with Crippen molar-refractivity contribution in [3.05, 3.63) is 23.2 Å². The Morgan fingerprint density at radius 2 is 2.05 bits per heavy atom. The summed E-state index contributed by atoms with van der Waals surface area (Å²) in [5.41, 5.74) is 0.158. The van der Waals surface area contributed by atoms with Gasteiger partial charge in [-0.15, -0.1) is 0 Å². The minimum Gasteiger partial charge on any atom is -0.455 e. The number of benzene rings is 1. The number of hydrogen-bond donors (Lipinski definition) is 1. The monoisotopic (exact) mass is 345 g/mol. The summed E-state index contributed by atoms with van der Waals surface area (Å²) in [5.74, 6) is -0.783. The summed E-state index contributed by atoms with van der Waals surface area (Å²) in [4.78, 5) is 23.3. The van der Waals surface area contributed by atoms with Gasteiger partial charge in [0.25, 0.3) is 5.91 Å². The third kappa shape index (κ3) is 4.20. The first kappa shape index (κ1) is 16.8. The predicted octanol–water partition coefficient (Wildman–Crippen LogP) is 1.88. The molecule has 0 aliphatic heterocycles. The molecule has 1 fully saturated rings. The van der Waals surface area contributed by atoms with Crippen molar-refractivity contribution in [2.24, 2.45) is 11.8 Å². The average Bonchev–Trinajstić information content (AvgIpc) is 3.14. The van der Waals surface area contributed by atoms with Crippen LogP contribution in [0.3, 0.4) is 0 Å². The van der Waals surface area contributed by atoms with Gasteiger partial charge in [0, 0.05) is 6.26 Å². The van der Waals surface area contributed by atoms with Crippen molar-refractivity contribution in [3.63, 3.8) is 0 Å². The van der Waals surface area contributed by atoms with Gasteiger partial charge in [-0.3, -0.25) is 9.59 Å². The number of carbonyl (C=O) groups is 2. The maximum atomic E-state index is 11.8. The molecular formula is C14H16ClNO5S. The van der Waals surface area contributed by atoms with Crippen LogP contribution in [0, 0.1) is 11.8 Å². The Kier molecular flexibility index (Phi) is 4.77. The minimum atomic E-state index is -3.41. The first-order chi connectivity index (χ1) is 10.2. The molecule has 6 nitrogen and oxygen atoms in total. The van der Waals surface area contributed by atoms with E-state index in [-0.39, 0.29) is 21.5 Å². The Balaban J connectivity index is 1.97. The largest absolute Gasteiger partial charge is 0.455 e. The van der Waals surface area contributed by atoms with Crippen LogP contribution in [0.15, 0.2) is 23.1 Å². The van der Waals surface area contributed by atoms with E-state index in [0.717, 1.165) is 12.7 Å². The molecule has 1 amide bonds. The average molecular weight is 346 g/mol. The van der Waals surface area contributed by atoms with Crippen molar-refractivity contribution in [1.82, 2.24) is 0 Å². The molecule has 1 aliphatic carbocycles. The van der Waals surface area contributed by atoms with E-state index in [4.69, 9.17) is 16.3 Å². The first-order valence-corrected chi connectivity index (χ1v) is 8.91. The number of anilines is 1. The topological polar surface area (TPSA) is 89.5 Å². The number of carbonyl (C=O) groups excluding carboxylic acids is 2. The molecule has 1 aromatic rings. The van der Waals surface area contributed by atoms with Gasteiger partial charge in [-0.05, 0) is 30.5 Å². The SMILES string of the molecule is CC1CC1C(=O)OCC(=O)Nc1cc(S(C)(=O)=O)ccc1Cl. The van der Waals surface area contributed by atoms with Crippen LogP contribution in [0.1, 0.15) is 13.3 Å². The van der Waals surface area contributed by atoms with Crippen LogP contribution in [0.25, 0.3) is 0 Å². The maximum Gasteiger partial charge on any atom is 0.309 e. The van der Waals surface area contributed by atoms with Crippen LogP contribution < -0.4 is 5.32 Å². The summed E-state index contributed by atoms with van der Waals surface area (Å²) in [6, 6.07) is 3.99. The summed E-state index contributed by atoms with van der Waals surface area (Å²) >= 11 is 5.92. The predicted molar refractivity (Wildman–Crippen MR) is 81.4 cm³/mol. The zero-order valence-corrected chi connectivity index (χ0v) is 13.7. The van der Waals surface area contributed by atoms with Crippen LogP contribution in [0.2, 0.25) is 5.02 Å². The van der Waals surface area contributed by atoms with Crippen molar-refractivity contribution in [2.75, 3.05) is 18.2 Å². The van der Waals surface area contributed by atoms with E-state index in [2.05, 4.69) is 5.32 Å². The number of halogens is 1. The second-order valence-electron chi connectivity index (χ2n) is 5.39. The Morgan fingerprint density at radius 3 is 2.59 bits per heavy atom. The van der Waals surface area contributed by atoms with Gasteiger partial charge < -0.3 is 10.1 Å². The Bertz CT molecular complexity index is 716. The molecule has 1 aliphatic rings. The van der Waals surface area contributed by atoms with Gasteiger partial charge in [-0.2, -0.15) is 0 Å². The number of nitrogens with one attached hydrogen (secondary N) is 1. The highest BCUT2D eigenvalue weighted by molar-refractivity contribution is 7.90. The molecule has 2 unspecified atom stereocenters. The van der Waals surface area contributed by atoms with Crippen molar-refractivity contribution < 1.29 is 22.7 Å². The quantitative estimate of drug-likeness (QED) is 0.823. The molecule has 0 bridgehead atoms. The third-order valence-electron chi connectivity index (χ3n) is 3.40. The van der Waals surface area contributed by atoms with Crippen molar-refractivity contribution in [3.8, 4) is 0 Å². The van der Waals surface area contributed by atoms with Crippen molar-refractivity contribution in [1.29, 1.82) is 0 Å². The molecule has 0 aromatic heterocycles. The van der Waals surface area contributed by atoms with Crippen molar-refractivity contribution in [2.45, 2.75) is 18.2 Å². The molecule has 2 rings (SSSR count). The Hall–Kier alpha value is -1.60. The standard InChI is InChI=1S/C14H16ClNO5S/c1-8-5-10(8)14(18)21-7-13(17)16-12-6-9(22(2,19)20)3-4-11(12)15/h3-4,6,8,10H,5,7H2,1-2H3,(H,16,17). The molecule has 2 atom stereocenters. The normalized spacial score (nSPS) is 20.3. The van der Waals surface area contributed by atoms with Gasteiger partial charge in [0.1, 0.15) is 0 Å². The highest BCUT2D eigenvalue weighted by atomic mass is 35.5. The van der Waals surface area contributed by atoms with E-state index in [0.29, 0.717) is 5.92 Å². The fourth-order valence-electron chi connectivity index (χ4n) is 1.91. The second-order valence-corrected chi connectivity index (χ2v) is 7.81. The molecule has 0 heterocycles. The first-order valence-electron chi connectivity index (χ1n) is 6.64. The number of sulfone groups is 1. The lowest BCUT2D eigenvalue weighted by Crippen LogP contribution is -2.22. The molecule has 1 aromatic carbocycles. The number of esters is 1. The van der Waals surface area contributed by atoms with Gasteiger partial charge in [-0.25, -0.2) is 8.42 Å². The zero-order valence-electron chi connectivity index (χ0n) is 12.1. The van der Waals surface area contributed by atoms with Crippen LogP contribution >= 0.6 is 11.6 Å². The van der Waals surface area contributed by atoms with E-state index in [1.165, 1.54) is 18.2 Å². The smallest absolute Gasteiger partial charge is 0.309 e. The summed E-state index contributed by atoms with van der Waals surface area (Å²) in [5, 5.41) is 2.63. The van der Waals surface area contributed by atoms with Gasteiger partial charge in [0.05, 0.1) is 21.5 Å². The highest BCUT2D eigenvalue weighted by Crippen LogP contribution is 2.38. The lowest BCUT2D eigenvalue weighted by atomic mass is 10.3. The van der Waals surface area contributed by atoms with E-state index >= 15 is 0 Å². The van der Waals surface area contributed by atoms with Crippen LogP contribution in [-0.2, 0) is 24.2 Å². The Morgan fingerprint density at radius 1 is 1.41 bits per heavy atom. The summed E-state index contributed by atoms with van der Waals surface area (Å²) < 4.78 is 27.9. The molecule has 22 heavy (non-hydrogen) atoms. The third-order valence-corrected chi connectivity index (χ3v) is 4.84. The van der Waals surface area contributed by atoms with E-state index in [1.807, 2.05) is 6.92 Å². The Labute approximate surface area is 133 Å². The molecular weight excluding hydrogens is 330 g/mol. The van der Waals surface area contributed by atoms with Gasteiger partial charge in [-0.1, -0.05) is 18.5 Å². The molecule has 120 valence electrons. The summed E-state index contributed by atoms with van der Waals surface area (Å²) in [7, 11) is -3.41. The zero-order chi connectivity index (χ0) is 16.5. The molecule has 0 spiro atoms. The maximum absolute atomic E-state index is 11.8. The molecule has 8 heteroatoms. The number of amides is 1. The van der Waals surface area contributed by atoms with E-state index in [1.54, 1.807) is 0 Å². The molecule has 0 saturated heterocycles. The lowest BCUT2D eigenvalue weighted by Gasteiger charge is -2.09. The van der Waals surface area contributed by atoms with E-state index in [9.17, 15) is 18.0 Å². The fraction of sp³-hybridized carbons (Fsp3) is 0.429. The number of ether oxygens (including phenoxy) is 1. The molecule has 1 N–H and O–H groups in total. The van der Waals surface area contributed by atoms with Crippen molar-refractivity contribution >= 4 is 39.0 Å². The van der Waals surface area contributed by atoms with Crippen LogP contribution in [0.4, 0.5) is 5.69 Å². The minimum absolute atomic E-state index is 0.0380. The van der Waals surface area contributed by atoms with Gasteiger partial charge >= 0.3 is 5.97 Å². The molecule has 1 saturated carbocycles. The highest BCUT2D eigenvalue weighted by Gasteiger charge is 2.40. The number of hydrogen-bond acceptors (Lipinski definition) is 5. The summed E-state index contributed by atoms with van der Waals surface area (Å²) in [6.45, 7) is 1.50. The van der Waals surface area contributed by atoms with Crippen LogP contribution in [0.5, 0.6) is 0 Å². The van der Waals surface area contributed by atoms with Gasteiger partial charge in [0.15, 0.2) is 16.4 Å². The van der Waals surface area contributed by atoms with E-state index < -0.39 is 28.3 Å². The van der Waals surface area contributed by atoms with Crippen LogP contribution in [-0.4, -0.2) is 33.2 Å². The van der Waals surface area contributed by atoms with Gasteiger partial charge in [0.2, 0.25) is 0 Å². The second kappa shape index (κ2) is 6.26. The lowest BCUT2D eigenvalue weighted by molar-refractivity contribution is -0.148. The summed E-state index contributed by atoms with van der Waals surface area (Å²) in [6.07, 6.45) is 1.84. The molecule has 0 radical (unpaired) electrons.